The van der Waals surface area contributed by atoms with Gasteiger partial charge >= 0.3 is 5.97 Å². The van der Waals surface area contributed by atoms with Crippen LogP contribution >= 0.6 is 12.2 Å². The lowest BCUT2D eigenvalue weighted by Gasteiger charge is -2.14. The lowest BCUT2D eigenvalue weighted by Crippen LogP contribution is -2.34. The number of rotatable bonds is 8. The van der Waals surface area contributed by atoms with Crippen LogP contribution in [0.1, 0.15) is 40.5 Å². The van der Waals surface area contributed by atoms with E-state index < -0.39 is 11.9 Å². The number of methoxy groups -OCH3 is 1. The predicted molar refractivity (Wildman–Crippen MR) is 110 cm³/mol. The van der Waals surface area contributed by atoms with Gasteiger partial charge in [0.15, 0.2) is 5.11 Å². The number of amides is 1. The first kappa shape index (κ1) is 21.2. The number of carbonyl (C=O) groups is 2. The van der Waals surface area contributed by atoms with E-state index in [0.29, 0.717) is 29.4 Å². The minimum absolute atomic E-state index is 0.0168. The molecule has 0 bridgehead atoms. The molecule has 0 fully saturated rings. The van der Waals surface area contributed by atoms with Crippen LogP contribution in [0.15, 0.2) is 42.5 Å². The molecule has 0 spiro atoms. The molecule has 2 aromatic carbocycles. The molecular formula is C20H22N2O5S. The molecule has 2 rings (SSSR count). The van der Waals surface area contributed by atoms with Gasteiger partial charge in [0, 0.05) is 5.56 Å². The second-order valence-electron chi connectivity index (χ2n) is 5.86. The largest absolute Gasteiger partial charge is 0.495 e. The molecule has 0 aliphatic rings. The van der Waals surface area contributed by atoms with Gasteiger partial charge in [-0.15, -0.1) is 0 Å². The normalized spacial score (nSPS) is 10.1. The van der Waals surface area contributed by atoms with Crippen molar-refractivity contribution >= 4 is 34.9 Å². The summed E-state index contributed by atoms with van der Waals surface area (Å²) in [5, 5.41) is 14.5. The fourth-order valence-corrected chi connectivity index (χ4v) is 2.53. The lowest BCUT2D eigenvalue weighted by molar-refractivity contribution is 0.0696. The van der Waals surface area contributed by atoms with Crippen LogP contribution in [-0.4, -0.2) is 35.8 Å². The molecule has 148 valence electrons. The van der Waals surface area contributed by atoms with Gasteiger partial charge in [0.2, 0.25) is 0 Å². The number of aromatic carboxylic acids is 1. The third-order valence-corrected chi connectivity index (χ3v) is 3.99. The highest BCUT2D eigenvalue weighted by Gasteiger charge is 2.13. The smallest absolute Gasteiger partial charge is 0.335 e. The van der Waals surface area contributed by atoms with Gasteiger partial charge in [0.1, 0.15) is 11.5 Å². The van der Waals surface area contributed by atoms with Crippen molar-refractivity contribution in [3.63, 3.8) is 0 Å². The second kappa shape index (κ2) is 10.3. The highest BCUT2D eigenvalue weighted by molar-refractivity contribution is 7.80. The monoisotopic (exact) mass is 402 g/mol. The second-order valence-corrected chi connectivity index (χ2v) is 6.27. The van der Waals surface area contributed by atoms with Gasteiger partial charge < -0.3 is 19.9 Å². The SMILES string of the molecule is CCCCOc1cccc(C(=O)NC(=S)Nc2cc(C(=O)O)ccc2OC)c1. The van der Waals surface area contributed by atoms with Crippen LogP contribution in [0.5, 0.6) is 11.5 Å². The van der Waals surface area contributed by atoms with Gasteiger partial charge in [0.05, 0.1) is 25.0 Å². The van der Waals surface area contributed by atoms with Crippen molar-refractivity contribution in [2.75, 3.05) is 19.0 Å². The van der Waals surface area contributed by atoms with E-state index in [1.165, 1.54) is 25.3 Å². The van der Waals surface area contributed by atoms with Crippen molar-refractivity contribution in [3.8, 4) is 11.5 Å². The highest BCUT2D eigenvalue weighted by Crippen LogP contribution is 2.25. The standard InChI is InChI=1S/C20H22N2O5S/c1-3-4-10-27-15-7-5-6-13(11-15)18(23)22-20(28)21-16-12-14(19(24)25)8-9-17(16)26-2/h5-9,11-12H,3-4,10H2,1-2H3,(H,24,25)(H2,21,22,23,28). The van der Waals surface area contributed by atoms with Crippen molar-refractivity contribution in [1.29, 1.82) is 0 Å². The molecule has 7 nitrogen and oxygen atoms in total. The van der Waals surface area contributed by atoms with Crippen molar-refractivity contribution < 1.29 is 24.2 Å². The summed E-state index contributed by atoms with van der Waals surface area (Å²) < 4.78 is 10.8. The van der Waals surface area contributed by atoms with Gasteiger partial charge in [-0.05, 0) is 55.0 Å². The minimum atomic E-state index is -1.08. The van der Waals surface area contributed by atoms with E-state index in [2.05, 4.69) is 17.6 Å². The van der Waals surface area contributed by atoms with Gasteiger partial charge in [0.25, 0.3) is 5.91 Å². The fraction of sp³-hybridized carbons (Fsp3) is 0.250. The maximum Gasteiger partial charge on any atom is 0.335 e. The molecule has 0 radical (unpaired) electrons. The van der Waals surface area contributed by atoms with Gasteiger partial charge in [-0.2, -0.15) is 0 Å². The summed E-state index contributed by atoms with van der Waals surface area (Å²) in [6, 6.07) is 11.1. The van der Waals surface area contributed by atoms with Crippen molar-refractivity contribution in [2.45, 2.75) is 19.8 Å². The first-order valence-electron chi connectivity index (χ1n) is 8.71. The molecule has 2 aromatic rings. The van der Waals surface area contributed by atoms with E-state index in [1.54, 1.807) is 24.3 Å². The molecule has 0 unspecified atom stereocenters. The lowest BCUT2D eigenvalue weighted by atomic mass is 10.2. The summed E-state index contributed by atoms with van der Waals surface area (Å²) in [6.07, 6.45) is 1.95. The van der Waals surface area contributed by atoms with E-state index >= 15 is 0 Å². The van der Waals surface area contributed by atoms with E-state index in [-0.39, 0.29) is 10.7 Å². The molecule has 3 N–H and O–H groups in total. The maximum absolute atomic E-state index is 12.4. The van der Waals surface area contributed by atoms with E-state index in [1.807, 2.05) is 0 Å². The maximum atomic E-state index is 12.4. The summed E-state index contributed by atoms with van der Waals surface area (Å²) in [4.78, 5) is 23.6. The Labute approximate surface area is 168 Å². The number of ether oxygens (including phenoxy) is 2. The van der Waals surface area contributed by atoms with Crippen LogP contribution in [-0.2, 0) is 0 Å². The third-order valence-electron chi connectivity index (χ3n) is 3.78. The molecule has 0 aliphatic carbocycles. The van der Waals surface area contributed by atoms with Crippen LogP contribution in [0, 0.1) is 0 Å². The first-order valence-corrected chi connectivity index (χ1v) is 9.12. The number of nitrogens with one attached hydrogen (secondary N) is 2. The zero-order valence-corrected chi connectivity index (χ0v) is 16.5. The van der Waals surface area contributed by atoms with Gasteiger partial charge in [-0.1, -0.05) is 19.4 Å². The van der Waals surface area contributed by atoms with Crippen LogP contribution in [0.4, 0.5) is 5.69 Å². The van der Waals surface area contributed by atoms with Crippen LogP contribution in [0.25, 0.3) is 0 Å². The number of thiocarbonyl (C=S) groups is 1. The molecule has 0 saturated carbocycles. The van der Waals surface area contributed by atoms with E-state index in [9.17, 15) is 9.59 Å². The zero-order valence-electron chi connectivity index (χ0n) is 15.7. The number of hydrogen-bond acceptors (Lipinski definition) is 5. The predicted octanol–water partition coefficient (Wildman–Crippen LogP) is 3.70. The molecule has 0 aromatic heterocycles. The molecule has 0 aliphatic heterocycles. The summed E-state index contributed by atoms with van der Waals surface area (Å²) in [5.41, 5.74) is 0.795. The molecule has 0 saturated heterocycles. The Morgan fingerprint density at radius 1 is 1.14 bits per heavy atom. The zero-order chi connectivity index (χ0) is 20.5. The Balaban J connectivity index is 2.05. The van der Waals surface area contributed by atoms with Gasteiger partial charge in [-0.25, -0.2) is 4.79 Å². The van der Waals surface area contributed by atoms with E-state index in [4.69, 9.17) is 26.8 Å². The summed E-state index contributed by atoms with van der Waals surface area (Å²) in [7, 11) is 1.45. The Kier molecular flexibility index (Phi) is 7.76. The number of anilines is 1. The number of unbranched alkanes of at least 4 members (excludes halogenated alkanes) is 1. The van der Waals surface area contributed by atoms with Crippen molar-refractivity contribution in [3.05, 3.63) is 53.6 Å². The average Bonchev–Trinajstić information content (AvgIpc) is 2.68. The molecule has 28 heavy (non-hydrogen) atoms. The van der Waals surface area contributed by atoms with Crippen LogP contribution < -0.4 is 20.1 Å². The molecule has 1 amide bonds. The minimum Gasteiger partial charge on any atom is -0.495 e. The number of hydrogen-bond donors (Lipinski definition) is 3. The first-order chi connectivity index (χ1) is 13.4. The quantitative estimate of drug-likeness (QED) is 0.458. The molecule has 0 heterocycles. The number of benzene rings is 2. The Bertz CT molecular complexity index is 869. The summed E-state index contributed by atoms with van der Waals surface area (Å²) in [6.45, 7) is 2.66. The van der Waals surface area contributed by atoms with Crippen LogP contribution in [0.3, 0.4) is 0 Å². The molecular weight excluding hydrogens is 380 g/mol. The Hall–Kier alpha value is -3.13. The Morgan fingerprint density at radius 3 is 2.61 bits per heavy atom. The average molecular weight is 402 g/mol. The molecule has 8 heteroatoms. The number of carboxylic acids is 1. The topological polar surface area (TPSA) is 96.9 Å². The fourth-order valence-electron chi connectivity index (χ4n) is 2.33. The van der Waals surface area contributed by atoms with Gasteiger partial charge in [-0.3, -0.25) is 10.1 Å². The van der Waals surface area contributed by atoms with Crippen LogP contribution in [0.2, 0.25) is 0 Å². The van der Waals surface area contributed by atoms with Crippen molar-refractivity contribution in [2.24, 2.45) is 0 Å². The molecule has 0 atom stereocenters. The van der Waals surface area contributed by atoms with Crippen molar-refractivity contribution in [1.82, 2.24) is 5.32 Å². The Morgan fingerprint density at radius 2 is 1.93 bits per heavy atom. The van der Waals surface area contributed by atoms with E-state index in [0.717, 1.165) is 12.8 Å². The highest BCUT2D eigenvalue weighted by atomic mass is 32.1. The number of carbonyl (C=O) groups excluding carboxylic acids is 1. The third kappa shape index (κ3) is 5.95. The number of carboxylic acid groups (broad SMARTS) is 1. The summed E-state index contributed by atoms with van der Waals surface area (Å²) >= 11 is 5.17. The summed E-state index contributed by atoms with van der Waals surface area (Å²) in [5.74, 6) is -0.490.